The molecule has 33 heavy (non-hydrogen) atoms. The minimum absolute atomic E-state index is 0.0482. The number of esters is 1. The smallest absolute Gasteiger partial charge is 0.306 e. The van der Waals surface area contributed by atoms with Gasteiger partial charge in [-0.1, -0.05) is 34.1 Å². The monoisotopic (exact) mass is 510 g/mol. The van der Waals surface area contributed by atoms with Gasteiger partial charge >= 0.3 is 5.97 Å². The lowest BCUT2D eigenvalue weighted by Gasteiger charge is -2.09. The normalized spacial score (nSPS) is 10.2. The van der Waals surface area contributed by atoms with Crippen LogP contribution in [0.2, 0.25) is 0 Å². The Kier molecular flexibility index (Phi) is 9.02. The van der Waals surface area contributed by atoms with Gasteiger partial charge in [0.25, 0.3) is 5.91 Å². The van der Waals surface area contributed by atoms with Crippen molar-refractivity contribution < 1.29 is 23.9 Å². The van der Waals surface area contributed by atoms with Crippen molar-refractivity contribution in [3.05, 3.63) is 83.3 Å². The number of nitrogens with one attached hydrogen (secondary N) is 2. The summed E-state index contributed by atoms with van der Waals surface area (Å²) in [6.07, 6.45) is 0.549. The zero-order valence-electron chi connectivity index (χ0n) is 17.8. The van der Waals surface area contributed by atoms with E-state index in [1.165, 1.54) is 0 Å². The summed E-state index contributed by atoms with van der Waals surface area (Å²) in [4.78, 5) is 35.8. The fraction of sp³-hybridized carbons (Fsp3) is 0.160. The Hall–Kier alpha value is -3.65. The van der Waals surface area contributed by atoms with E-state index in [4.69, 9.17) is 9.47 Å². The molecule has 0 fully saturated rings. The topological polar surface area (TPSA) is 93.7 Å². The van der Waals surface area contributed by atoms with E-state index < -0.39 is 18.5 Å². The number of ether oxygens (including phenoxy) is 2. The summed E-state index contributed by atoms with van der Waals surface area (Å²) in [7, 11) is 0. The first kappa shape index (κ1) is 24.0. The fourth-order valence-corrected chi connectivity index (χ4v) is 3.06. The third-order valence-electron chi connectivity index (χ3n) is 4.39. The van der Waals surface area contributed by atoms with Crippen LogP contribution >= 0.6 is 15.9 Å². The van der Waals surface area contributed by atoms with E-state index in [0.29, 0.717) is 29.3 Å². The molecule has 7 nitrogen and oxygen atoms in total. The molecule has 0 aromatic heterocycles. The molecule has 8 heteroatoms. The third-order valence-corrected chi connectivity index (χ3v) is 4.92. The second-order valence-electron chi connectivity index (χ2n) is 7.06. The number of benzene rings is 3. The highest BCUT2D eigenvalue weighted by Crippen LogP contribution is 2.22. The van der Waals surface area contributed by atoms with Crippen LogP contribution in [0.1, 0.15) is 19.3 Å². The molecule has 0 saturated heterocycles. The number of anilines is 2. The van der Waals surface area contributed by atoms with Gasteiger partial charge < -0.3 is 20.1 Å². The van der Waals surface area contributed by atoms with Crippen LogP contribution < -0.4 is 15.4 Å². The van der Waals surface area contributed by atoms with Gasteiger partial charge in [0.15, 0.2) is 6.61 Å². The maximum absolute atomic E-state index is 12.0. The van der Waals surface area contributed by atoms with Crippen molar-refractivity contribution in [2.45, 2.75) is 19.3 Å². The van der Waals surface area contributed by atoms with Gasteiger partial charge in [-0.2, -0.15) is 0 Å². The first-order valence-electron chi connectivity index (χ1n) is 10.3. The first-order valence-corrected chi connectivity index (χ1v) is 11.1. The number of hydrogen-bond donors (Lipinski definition) is 2. The van der Waals surface area contributed by atoms with Crippen molar-refractivity contribution in [2.75, 3.05) is 17.2 Å². The summed E-state index contributed by atoms with van der Waals surface area (Å²) in [6, 6.07) is 23.4. The van der Waals surface area contributed by atoms with Crippen LogP contribution in [-0.2, 0) is 19.1 Å². The standard InChI is InChI=1S/C25H23BrN2O5/c26-18-9-11-19(12-10-18)27-23(29)7-4-8-25(31)32-17-24(30)28-20-13-15-22(16-14-20)33-21-5-2-1-3-6-21/h1-3,5-6,9-16H,4,7-8,17H2,(H,27,29)(H,28,30). The molecule has 3 aromatic carbocycles. The van der Waals surface area contributed by atoms with Gasteiger partial charge in [0, 0.05) is 28.7 Å². The summed E-state index contributed by atoms with van der Waals surface area (Å²) in [5, 5.41) is 5.41. The van der Waals surface area contributed by atoms with E-state index >= 15 is 0 Å². The molecule has 3 rings (SSSR count). The van der Waals surface area contributed by atoms with Gasteiger partial charge in [-0.3, -0.25) is 14.4 Å². The van der Waals surface area contributed by atoms with Gasteiger partial charge in [0.05, 0.1) is 0 Å². The highest BCUT2D eigenvalue weighted by atomic mass is 79.9. The van der Waals surface area contributed by atoms with Crippen LogP contribution in [0.25, 0.3) is 0 Å². The average molecular weight is 511 g/mol. The molecule has 0 saturated carbocycles. The van der Waals surface area contributed by atoms with Gasteiger partial charge in [0.2, 0.25) is 5.91 Å². The van der Waals surface area contributed by atoms with Crippen molar-refractivity contribution in [2.24, 2.45) is 0 Å². The lowest BCUT2D eigenvalue weighted by molar-refractivity contribution is -0.147. The van der Waals surface area contributed by atoms with Crippen molar-refractivity contribution in [3.8, 4) is 11.5 Å². The maximum Gasteiger partial charge on any atom is 0.306 e. The Morgan fingerprint density at radius 1 is 0.697 bits per heavy atom. The Labute approximate surface area is 200 Å². The number of carbonyl (C=O) groups is 3. The van der Waals surface area contributed by atoms with Gasteiger partial charge in [0.1, 0.15) is 11.5 Å². The van der Waals surface area contributed by atoms with E-state index in [9.17, 15) is 14.4 Å². The minimum Gasteiger partial charge on any atom is -0.457 e. The van der Waals surface area contributed by atoms with E-state index in [1.807, 2.05) is 42.5 Å². The van der Waals surface area contributed by atoms with Gasteiger partial charge in [-0.15, -0.1) is 0 Å². The lowest BCUT2D eigenvalue weighted by atomic mass is 10.2. The molecule has 2 amide bonds. The molecule has 170 valence electrons. The Balaban J connectivity index is 1.31. The van der Waals surface area contributed by atoms with Crippen LogP contribution in [0.15, 0.2) is 83.3 Å². The molecule has 0 aliphatic heterocycles. The molecule has 0 aliphatic rings. The van der Waals surface area contributed by atoms with E-state index in [-0.39, 0.29) is 18.7 Å². The lowest BCUT2D eigenvalue weighted by Crippen LogP contribution is -2.21. The molecular weight excluding hydrogens is 488 g/mol. The number of carbonyl (C=O) groups excluding carboxylic acids is 3. The molecule has 0 radical (unpaired) electrons. The molecule has 0 bridgehead atoms. The van der Waals surface area contributed by atoms with Crippen molar-refractivity contribution in [1.82, 2.24) is 0 Å². The van der Waals surface area contributed by atoms with Crippen LogP contribution in [0.5, 0.6) is 11.5 Å². The van der Waals surface area contributed by atoms with E-state index in [0.717, 1.165) is 4.47 Å². The van der Waals surface area contributed by atoms with Gasteiger partial charge in [-0.25, -0.2) is 0 Å². The number of rotatable bonds is 10. The SMILES string of the molecule is O=C(CCCC(=O)OCC(=O)Nc1ccc(Oc2ccccc2)cc1)Nc1ccc(Br)cc1. The van der Waals surface area contributed by atoms with Crippen LogP contribution in [0.3, 0.4) is 0 Å². The molecule has 0 aliphatic carbocycles. The second kappa shape index (κ2) is 12.4. The molecule has 3 aromatic rings. The predicted octanol–water partition coefficient (Wildman–Crippen LogP) is 5.53. The molecule has 0 unspecified atom stereocenters. The molecule has 0 heterocycles. The summed E-state index contributed by atoms with van der Waals surface area (Å²) in [5.74, 6) is 0.172. The quantitative estimate of drug-likeness (QED) is 0.349. The van der Waals surface area contributed by atoms with Crippen LogP contribution in [0.4, 0.5) is 11.4 Å². The van der Waals surface area contributed by atoms with Gasteiger partial charge in [-0.05, 0) is 67.1 Å². The van der Waals surface area contributed by atoms with E-state index in [1.54, 1.807) is 36.4 Å². The molecule has 0 spiro atoms. The Morgan fingerprint density at radius 2 is 1.27 bits per heavy atom. The predicted molar refractivity (Wildman–Crippen MR) is 129 cm³/mol. The number of hydrogen-bond acceptors (Lipinski definition) is 5. The largest absolute Gasteiger partial charge is 0.457 e. The minimum atomic E-state index is -0.534. The highest BCUT2D eigenvalue weighted by Gasteiger charge is 2.10. The summed E-state index contributed by atoms with van der Waals surface area (Å²) >= 11 is 3.33. The third kappa shape index (κ3) is 8.78. The zero-order valence-corrected chi connectivity index (χ0v) is 19.3. The summed E-state index contributed by atoms with van der Waals surface area (Å²) in [5.41, 5.74) is 1.24. The Bertz CT molecular complexity index is 1070. The van der Waals surface area contributed by atoms with Crippen LogP contribution in [0, 0.1) is 0 Å². The second-order valence-corrected chi connectivity index (χ2v) is 7.97. The number of amides is 2. The number of para-hydroxylation sites is 1. The molecule has 0 atom stereocenters. The summed E-state index contributed by atoms with van der Waals surface area (Å²) < 4.78 is 11.6. The van der Waals surface area contributed by atoms with Crippen molar-refractivity contribution in [3.63, 3.8) is 0 Å². The molecular formula is C25H23BrN2O5. The van der Waals surface area contributed by atoms with Crippen LogP contribution in [-0.4, -0.2) is 24.4 Å². The number of halogens is 1. The zero-order chi connectivity index (χ0) is 23.5. The van der Waals surface area contributed by atoms with Crippen molar-refractivity contribution >= 4 is 45.1 Å². The molecule has 2 N–H and O–H groups in total. The Morgan fingerprint density at radius 3 is 1.94 bits per heavy atom. The van der Waals surface area contributed by atoms with E-state index in [2.05, 4.69) is 26.6 Å². The summed E-state index contributed by atoms with van der Waals surface area (Å²) in [6.45, 7) is -0.397. The van der Waals surface area contributed by atoms with Crippen molar-refractivity contribution in [1.29, 1.82) is 0 Å². The maximum atomic E-state index is 12.0. The fourth-order valence-electron chi connectivity index (χ4n) is 2.80. The first-order chi connectivity index (χ1) is 16.0. The highest BCUT2D eigenvalue weighted by molar-refractivity contribution is 9.10. The average Bonchev–Trinajstić information content (AvgIpc) is 2.81.